The summed E-state index contributed by atoms with van der Waals surface area (Å²) < 4.78 is 14.1. The third kappa shape index (κ3) is 2.50. The first-order chi connectivity index (χ1) is 8.09. The standard InChI is InChI=1S/C12H10BrFN2O/c1-7-5-15-12(16-6-7)11(17)8-3-2-4-9(13)10(8)14/h2-6,11,17H,1H3. The first-order valence-electron chi connectivity index (χ1n) is 5.00. The zero-order valence-corrected chi connectivity index (χ0v) is 10.6. The van der Waals surface area contributed by atoms with Gasteiger partial charge in [0.15, 0.2) is 5.82 Å². The van der Waals surface area contributed by atoms with Gasteiger partial charge in [0.25, 0.3) is 0 Å². The molecule has 1 N–H and O–H groups in total. The van der Waals surface area contributed by atoms with Crippen molar-refractivity contribution in [2.24, 2.45) is 0 Å². The van der Waals surface area contributed by atoms with Crippen LogP contribution in [-0.2, 0) is 0 Å². The number of hydrogen-bond donors (Lipinski definition) is 1. The van der Waals surface area contributed by atoms with Crippen molar-refractivity contribution in [3.63, 3.8) is 0 Å². The number of halogens is 2. The van der Waals surface area contributed by atoms with Crippen LogP contribution in [0.4, 0.5) is 4.39 Å². The predicted octanol–water partition coefficient (Wildman–Crippen LogP) is 2.77. The van der Waals surface area contributed by atoms with Gasteiger partial charge in [-0.2, -0.15) is 0 Å². The summed E-state index contributed by atoms with van der Waals surface area (Å²) >= 11 is 3.07. The quantitative estimate of drug-likeness (QED) is 0.927. The zero-order valence-electron chi connectivity index (χ0n) is 9.06. The van der Waals surface area contributed by atoms with Gasteiger partial charge < -0.3 is 5.11 Å². The third-order valence-corrected chi connectivity index (χ3v) is 2.93. The van der Waals surface area contributed by atoms with E-state index in [4.69, 9.17) is 0 Å². The van der Waals surface area contributed by atoms with Crippen molar-refractivity contribution < 1.29 is 9.50 Å². The molecule has 1 atom stereocenters. The minimum absolute atomic E-state index is 0.156. The lowest BCUT2D eigenvalue weighted by Gasteiger charge is -2.11. The molecule has 1 heterocycles. The molecule has 0 saturated carbocycles. The van der Waals surface area contributed by atoms with Crippen molar-refractivity contribution in [1.29, 1.82) is 0 Å². The average Bonchev–Trinajstić information content (AvgIpc) is 2.33. The number of aliphatic hydroxyl groups excluding tert-OH is 1. The Balaban J connectivity index is 2.40. The summed E-state index contributed by atoms with van der Waals surface area (Å²) in [5, 5.41) is 10.0. The van der Waals surface area contributed by atoms with Crippen molar-refractivity contribution >= 4 is 15.9 Å². The van der Waals surface area contributed by atoms with Crippen LogP contribution in [0.5, 0.6) is 0 Å². The van der Waals surface area contributed by atoms with Gasteiger partial charge in [-0.15, -0.1) is 0 Å². The number of aryl methyl sites for hydroxylation is 1. The molecule has 0 aliphatic carbocycles. The van der Waals surface area contributed by atoms with Crippen molar-refractivity contribution in [3.05, 3.63) is 57.8 Å². The molecule has 0 spiro atoms. The van der Waals surface area contributed by atoms with E-state index in [0.717, 1.165) is 5.56 Å². The smallest absolute Gasteiger partial charge is 0.161 e. The summed E-state index contributed by atoms with van der Waals surface area (Å²) in [5.74, 6) is -0.309. The van der Waals surface area contributed by atoms with E-state index in [1.807, 2.05) is 6.92 Å². The van der Waals surface area contributed by atoms with Gasteiger partial charge in [0, 0.05) is 18.0 Å². The molecule has 0 aliphatic heterocycles. The van der Waals surface area contributed by atoms with Crippen LogP contribution < -0.4 is 0 Å². The van der Waals surface area contributed by atoms with Crippen LogP contribution in [0.1, 0.15) is 23.1 Å². The van der Waals surface area contributed by atoms with E-state index in [9.17, 15) is 9.50 Å². The van der Waals surface area contributed by atoms with Crippen LogP contribution in [0.15, 0.2) is 35.1 Å². The second-order valence-electron chi connectivity index (χ2n) is 3.66. The van der Waals surface area contributed by atoms with E-state index >= 15 is 0 Å². The molecule has 17 heavy (non-hydrogen) atoms. The van der Waals surface area contributed by atoms with Crippen LogP contribution >= 0.6 is 15.9 Å². The summed E-state index contributed by atoms with van der Waals surface area (Å²) in [4.78, 5) is 7.96. The Labute approximate surface area is 106 Å². The third-order valence-electron chi connectivity index (χ3n) is 2.32. The molecular formula is C12H10BrFN2O. The van der Waals surface area contributed by atoms with E-state index in [-0.39, 0.29) is 11.4 Å². The van der Waals surface area contributed by atoms with Crippen LogP contribution in [-0.4, -0.2) is 15.1 Å². The second kappa shape index (κ2) is 4.89. The normalized spacial score (nSPS) is 12.5. The number of hydrogen-bond acceptors (Lipinski definition) is 3. The molecule has 0 radical (unpaired) electrons. The predicted molar refractivity (Wildman–Crippen MR) is 64.9 cm³/mol. The molecule has 0 bridgehead atoms. The van der Waals surface area contributed by atoms with Gasteiger partial charge in [0.2, 0.25) is 0 Å². The van der Waals surface area contributed by atoms with Gasteiger partial charge >= 0.3 is 0 Å². The maximum atomic E-state index is 13.8. The van der Waals surface area contributed by atoms with E-state index in [0.29, 0.717) is 4.47 Å². The Kier molecular flexibility index (Phi) is 3.49. The molecule has 0 saturated heterocycles. The first-order valence-corrected chi connectivity index (χ1v) is 5.79. The molecule has 1 unspecified atom stereocenters. The van der Waals surface area contributed by atoms with Crippen LogP contribution in [0.25, 0.3) is 0 Å². The van der Waals surface area contributed by atoms with Crippen molar-refractivity contribution in [2.75, 3.05) is 0 Å². The number of aromatic nitrogens is 2. The Morgan fingerprint density at radius 3 is 2.59 bits per heavy atom. The summed E-state index contributed by atoms with van der Waals surface area (Å²) in [7, 11) is 0. The molecule has 0 fully saturated rings. The summed E-state index contributed by atoms with van der Waals surface area (Å²) in [6.07, 6.45) is 2.01. The number of rotatable bonds is 2. The molecule has 3 nitrogen and oxygen atoms in total. The molecule has 1 aromatic carbocycles. The average molecular weight is 297 g/mol. The highest BCUT2D eigenvalue weighted by molar-refractivity contribution is 9.10. The minimum atomic E-state index is -1.16. The molecule has 0 amide bonds. The van der Waals surface area contributed by atoms with Crippen molar-refractivity contribution in [1.82, 2.24) is 9.97 Å². The Morgan fingerprint density at radius 2 is 1.94 bits per heavy atom. The number of aliphatic hydroxyl groups is 1. The highest BCUT2D eigenvalue weighted by atomic mass is 79.9. The van der Waals surface area contributed by atoms with Crippen LogP contribution in [0, 0.1) is 12.7 Å². The molecule has 0 aliphatic rings. The molecule has 88 valence electrons. The van der Waals surface area contributed by atoms with Crippen molar-refractivity contribution in [2.45, 2.75) is 13.0 Å². The SMILES string of the molecule is Cc1cnc(C(O)c2cccc(Br)c2F)nc1. The fourth-order valence-electron chi connectivity index (χ4n) is 1.41. The van der Waals surface area contributed by atoms with E-state index in [1.165, 1.54) is 6.07 Å². The zero-order chi connectivity index (χ0) is 12.4. The molecule has 2 rings (SSSR count). The lowest BCUT2D eigenvalue weighted by molar-refractivity contribution is 0.204. The van der Waals surface area contributed by atoms with Crippen molar-refractivity contribution in [3.8, 4) is 0 Å². The van der Waals surface area contributed by atoms with Gasteiger partial charge in [0.1, 0.15) is 11.9 Å². The number of benzene rings is 1. The van der Waals surface area contributed by atoms with Crippen LogP contribution in [0.2, 0.25) is 0 Å². The minimum Gasteiger partial charge on any atom is -0.380 e. The van der Waals surface area contributed by atoms with Gasteiger partial charge in [-0.1, -0.05) is 12.1 Å². The first kappa shape index (κ1) is 12.1. The summed E-state index contributed by atoms with van der Waals surface area (Å²) in [6, 6.07) is 4.73. The van der Waals surface area contributed by atoms with Gasteiger partial charge in [0.05, 0.1) is 4.47 Å². The van der Waals surface area contributed by atoms with Gasteiger partial charge in [-0.25, -0.2) is 14.4 Å². The molecule has 5 heteroatoms. The fourth-order valence-corrected chi connectivity index (χ4v) is 1.80. The van der Waals surface area contributed by atoms with Crippen LogP contribution in [0.3, 0.4) is 0 Å². The van der Waals surface area contributed by atoms with E-state index < -0.39 is 11.9 Å². The fraction of sp³-hybridized carbons (Fsp3) is 0.167. The second-order valence-corrected chi connectivity index (χ2v) is 4.52. The Hall–Kier alpha value is -1.33. The highest BCUT2D eigenvalue weighted by Gasteiger charge is 2.18. The number of nitrogens with zero attached hydrogens (tertiary/aromatic N) is 2. The maximum absolute atomic E-state index is 13.8. The van der Waals surface area contributed by atoms with E-state index in [2.05, 4.69) is 25.9 Å². The Bertz CT molecular complexity index is 531. The molecule has 1 aromatic heterocycles. The molecule has 2 aromatic rings. The largest absolute Gasteiger partial charge is 0.380 e. The lowest BCUT2D eigenvalue weighted by Crippen LogP contribution is -2.07. The maximum Gasteiger partial charge on any atom is 0.161 e. The lowest BCUT2D eigenvalue weighted by atomic mass is 10.1. The summed E-state index contributed by atoms with van der Waals surface area (Å²) in [6.45, 7) is 1.84. The Morgan fingerprint density at radius 1 is 1.29 bits per heavy atom. The topological polar surface area (TPSA) is 46.0 Å². The van der Waals surface area contributed by atoms with Gasteiger partial charge in [-0.05, 0) is 34.5 Å². The van der Waals surface area contributed by atoms with Gasteiger partial charge in [-0.3, -0.25) is 0 Å². The van der Waals surface area contributed by atoms with E-state index in [1.54, 1.807) is 24.5 Å². The monoisotopic (exact) mass is 296 g/mol. The highest BCUT2D eigenvalue weighted by Crippen LogP contribution is 2.26. The summed E-state index contributed by atoms with van der Waals surface area (Å²) in [5.41, 5.74) is 1.04. The molecular weight excluding hydrogens is 287 g/mol.